The number of aromatic amines is 1. The lowest BCUT2D eigenvalue weighted by atomic mass is 10.1. The van der Waals surface area contributed by atoms with Crippen LogP contribution in [0.25, 0.3) is 21.8 Å². The number of rotatable bonds is 1. The van der Waals surface area contributed by atoms with E-state index in [-0.39, 0.29) is 5.43 Å². The zero-order valence-electron chi connectivity index (χ0n) is 15.2. The Morgan fingerprint density at radius 3 is 2.29 bits per heavy atom. The highest BCUT2D eigenvalue weighted by Crippen LogP contribution is 2.19. The largest absolute Gasteiger partial charge is 0.465 e. The Morgan fingerprint density at radius 2 is 1.67 bits per heavy atom. The van der Waals surface area contributed by atoms with Crippen molar-refractivity contribution in [3.8, 4) is 0 Å². The number of hydrogen-bond acceptors (Lipinski definition) is 3. The Balaban J connectivity index is 0.000000671. The molecule has 0 aliphatic carbocycles. The molecule has 3 aromatic rings. The molecule has 1 aromatic heterocycles. The lowest BCUT2D eigenvalue weighted by Gasteiger charge is -2.07. The van der Waals surface area contributed by atoms with Crippen LogP contribution in [0.2, 0.25) is 0 Å². The third-order valence-electron chi connectivity index (χ3n) is 3.39. The van der Waals surface area contributed by atoms with E-state index in [1.807, 2.05) is 52.8 Å². The molecule has 0 spiro atoms. The second-order valence-corrected chi connectivity index (χ2v) is 4.72. The van der Waals surface area contributed by atoms with Gasteiger partial charge in [0.2, 0.25) is 0 Å². The lowest BCUT2D eigenvalue weighted by molar-refractivity contribution is 0.0603. The molecular formula is C20H25NO3. The number of fused-ring (bicyclic) bond motifs is 2. The van der Waals surface area contributed by atoms with Crippen LogP contribution in [0.5, 0.6) is 0 Å². The summed E-state index contributed by atoms with van der Waals surface area (Å²) >= 11 is 0. The van der Waals surface area contributed by atoms with Crippen LogP contribution in [0.1, 0.15) is 43.6 Å². The van der Waals surface area contributed by atoms with E-state index in [1.54, 1.807) is 18.2 Å². The molecule has 1 N–H and O–H groups in total. The normalized spacial score (nSPS) is 9.58. The fourth-order valence-corrected chi connectivity index (χ4v) is 2.39. The highest BCUT2D eigenvalue weighted by atomic mass is 16.5. The quantitative estimate of drug-likeness (QED) is 0.514. The molecule has 24 heavy (non-hydrogen) atoms. The Labute approximate surface area is 142 Å². The number of H-pyrrole nitrogens is 1. The summed E-state index contributed by atoms with van der Waals surface area (Å²) in [4.78, 5) is 27.5. The van der Waals surface area contributed by atoms with Crippen molar-refractivity contribution in [2.75, 3.05) is 7.11 Å². The zero-order chi connectivity index (χ0) is 18.3. The number of carbonyl (C=O) groups excluding carboxylic acids is 1. The van der Waals surface area contributed by atoms with E-state index in [4.69, 9.17) is 4.74 Å². The summed E-state index contributed by atoms with van der Waals surface area (Å²) in [5.41, 5.74) is 2.53. The number of aromatic nitrogens is 1. The molecule has 0 amide bonds. The second-order valence-electron chi connectivity index (χ2n) is 4.72. The van der Waals surface area contributed by atoms with Crippen LogP contribution in [0.4, 0.5) is 0 Å². The number of carbonyl (C=O) groups is 1. The van der Waals surface area contributed by atoms with E-state index in [0.29, 0.717) is 27.4 Å². The minimum absolute atomic E-state index is 0.0804. The first-order chi connectivity index (χ1) is 11.6. The fourth-order valence-electron chi connectivity index (χ4n) is 2.39. The fraction of sp³-hybridized carbons (Fsp3) is 0.300. The molecule has 0 atom stereocenters. The molecule has 0 aliphatic rings. The Hall–Kier alpha value is -2.62. The maximum Gasteiger partial charge on any atom is 0.339 e. The van der Waals surface area contributed by atoms with Gasteiger partial charge in [-0.15, -0.1) is 0 Å². The highest BCUT2D eigenvalue weighted by molar-refractivity contribution is 6.05. The topological polar surface area (TPSA) is 59.2 Å². The number of pyridine rings is 1. The SMILES string of the molecule is CC.CC.COC(=O)c1cccc2c(=O)c3cc(C)ccc3[nH]c12. The van der Waals surface area contributed by atoms with E-state index >= 15 is 0 Å². The van der Waals surface area contributed by atoms with Crippen LogP contribution in [0.3, 0.4) is 0 Å². The average Bonchev–Trinajstić information content (AvgIpc) is 2.65. The van der Waals surface area contributed by atoms with Crippen molar-refractivity contribution in [1.29, 1.82) is 0 Å². The molecule has 128 valence electrons. The van der Waals surface area contributed by atoms with Crippen molar-refractivity contribution < 1.29 is 9.53 Å². The van der Waals surface area contributed by atoms with Gasteiger partial charge in [0, 0.05) is 16.3 Å². The minimum atomic E-state index is -0.460. The lowest BCUT2D eigenvalue weighted by Crippen LogP contribution is -2.09. The van der Waals surface area contributed by atoms with Crippen molar-refractivity contribution >= 4 is 27.8 Å². The maximum absolute atomic E-state index is 12.5. The monoisotopic (exact) mass is 327 g/mol. The molecule has 2 aromatic carbocycles. The summed E-state index contributed by atoms with van der Waals surface area (Å²) < 4.78 is 4.75. The van der Waals surface area contributed by atoms with Gasteiger partial charge >= 0.3 is 5.97 Å². The first-order valence-electron chi connectivity index (χ1n) is 8.25. The maximum atomic E-state index is 12.5. The Morgan fingerprint density at radius 1 is 1.00 bits per heavy atom. The number of esters is 1. The first kappa shape index (κ1) is 19.4. The minimum Gasteiger partial charge on any atom is -0.465 e. The first-order valence-corrected chi connectivity index (χ1v) is 8.25. The van der Waals surface area contributed by atoms with Crippen molar-refractivity contribution in [2.45, 2.75) is 34.6 Å². The number of hydrogen-bond donors (Lipinski definition) is 1. The number of benzene rings is 2. The summed E-state index contributed by atoms with van der Waals surface area (Å²) in [5, 5.41) is 1.12. The molecule has 0 bridgehead atoms. The smallest absolute Gasteiger partial charge is 0.339 e. The zero-order valence-corrected chi connectivity index (χ0v) is 15.2. The van der Waals surface area contributed by atoms with Gasteiger partial charge in [-0.2, -0.15) is 0 Å². The standard InChI is InChI=1S/C16H13NO3.2C2H6/c1-9-6-7-13-12(8-9)15(18)10-4-3-5-11(14(10)17-13)16(19)20-2;2*1-2/h3-8H,1-2H3,(H,17,18);2*1-2H3. The number of aryl methyl sites for hydroxylation is 1. The van der Waals surface area contributed by atoms with Crippen molar-refractivity contribution in [3.05, 3.63) is 57.7 Å². The summed E-state index contributed by atoms with van der Waals surface area (Å²) in [6.45, 7) is 9.94. The van der Waals surface area contributed by atoms with Gasteiger partial charge in [0.05, 0.1) is 18.2 Å². The molecule has 0 radical (unpaired) electrons. The molecule has 0 saturated carbocycles. The van der Waals surface area contributed by atoms with Gasteiger partial charge in [-0.05, 0) is 31.2 Å². The molecule has 0 fully saturated rings. The van der Waals surface area contributed by atoms with Crippen LogP contribution < -0.4 is 5.43 Å². The van der Waals surface area contributed by atoms with Gasteiger partial charge in [0.15, 0.2) is 5.43 Å². The molecular weight excluding hydrogens is 302 g/mol. The third-order valence-corrected chi connectivity index (χ3v) is 3.39. The van der Waals surface area contributed by atoms with Crippen LogP contribution in [0, 0.1) is 6.92 Å². The van der Waals surface area contributed by atoms with E-state index in [1.165, 1.54) is 7.11 Å². The number of para-hydroxylation sites is 1. The van der Waals surface area contributed by atoms with E-state index in [9.17, 15) is 9.59 Å². The molecule has 4 nitrogen and oxygen atoms in total. The summed E-state index contributed by atoms with van der Waals surface area (Å²) in [6.07, 6.45) is 0. The Bertz CT molecular complexity index is 894. The highest BCUT2D eigenvalue weighted by Gasteiger charge is 2.13. The van der Waals surface area contributed by atoms with Crippen LogP contribution in [-0.2, 0) is 4.74 Å². The number of ether oxygens (including phenoxy) is 1. The van der Waals surface area contributed by atoms with E-state index < -0.39 is 5.97 Å². The molecule has 3 rings (SSSR count). The van der Waals surface area contributed by atoms with Crippen LogP contribution in [-0.4, -0.2) is 18.1 Å². The van der Waals surface area contributed by atoms with Crippen LogP contribution >= 0.6 is 0 Å². The summed E-state index contributed by atoms with van der Waals surface area (Å²) in [5.74, 6) is -0.460. The number of methoxy groups -OCH3 is 1. The van der Waals surface area contributed by atoms with Crippen LogP contribution in [0.15, 0.2) is 41.2 Å². The van der Waals surface area contributed by atoms with E-state index in [2.05, 4.69) is 4.98 Å². The van der Waals surface area contributed by atoms with Gasteiger partial charge in [0.1, 0.15) is 0 Å². The molecule has 0 saturated heterocycles. The van der Waals surface area contributed by atoms with Gasteiger partial charge in [-0.25, -0.2) is 4.79 Å². The van der Waals surface area contributed by atoms with Gasteiger partial charge in [-0.1, -0.05) is 45.4 Å². The molecule has 4 heteroatoms. The third kappa shape index (κ3) is 3.65. The predicted octanol–water partition coefficient (Wildman–Crippen LogP) is 4.83. The molecule has 0 unspecified atom stereocenters. The molecule has 0 aliphatic heterocycles. The van der Waals surface area contributed by atoms with Gasteiger partial charge in [0.25, 0.3) is 0 Å². The summed E-state index contributed by atoms with van der Waals surface area (Å²) in [6, 6.07) is 10.7. The predicted molar refractivity (Wildman–Crippen MR) is 101 cm³/mol. The second kappa shape index (κ2) is 8.87. The van der Waals surface area contributed by atoms with Gasteiger partial charge < -0.3 is 9.72 Å². The Kier molecular flexibility index (Phi) is 7.18. The average molecular weight is 327 g/mol. The van der Waals surface area contributed by atoms with Gasteiger partial charge in [-0.3, -0.25) is 4.79 Å². The van der Waals surface area contributed by atoms with E-state index in [0.717, 1.165) is 5.56 Å². The van der Waals surface area contributed by atoms with Crippen molar-refractivity contribution in [3.63, 3.8) is 0 Å². The molecule has 1 heterocycles. The van der Waals surface area contributed by atoms with Crippen molar-refractivity contribution in [1.82, 2.24) is 4.98 Å². The van der Waals surface area contributed by atoms with Crippen molar-refractivity contribution in [2.24, 2.45) is 0 Å². The number of nitrogens with one attached hydrogen (secondary N) is 1. The summed E-state index contributed by atoms with van der Waals surface area (Å²) in [7, 11) is 1.32.